The predicted molar refractivity (Wildman–Crippen MR) is 109 cm³/mol. The number of unbranched alkanes of at least 4 members (excludes halogenated alkanes) is 1. The monoisotopic (exact) mass is 418 g/mol. The van der Waals surface area contributed by atoms with E-state index in [0.29, 0.717) is 46.1 Å². The van der Waals surface area contributed by atoms with Gasteiger partial charge in [0.2, 0.25) is 11.8 Å². The van der Waals surface area contributed by atoms with E-state index in [9.17, 15) is 14.4 Å². The van der Waals surface area contributed by atoms with Crippen LogP contribution in [0.4, 0.5) is 0 Å². The highest BCUT2D eigenvalue weighted by Gasteiger charge is 2.10. The molecule has 0 saturated heterocycles. The Bertz CT molecular complexity index is 447. The van der Waals surface area contributed by atoms with Crippen LogP contribution in [-0.2, 0) is 33.3 Å². The molecular weight excluding hydrogens is 380 g/mol. The third kappa shape index (κ3) is 18.2. The summed E-state index contributed by atoms with van der Waals surface area (Å²) in [7, 11) is 1.57. The Morgan fingerprint density at radius 1 is 0.793 bits per heavy atom. The quantitative estimate of drug-likeness (QED) is 0.280. The largest absolute Gasteiger partial charge is 0.382 e. The fourth-order valence-electron chi connectivity index (χ4n) is 2.49. The third-order valence-corrected chi connectivity index (χ3v) is 4.21. The summed E-state index contributed by atoms with van der Waals surface area (Å²) >= 11 is 0. The van der Waals surface area contributed by atoms with Crippen molar-refractivity contribution in [3.05, 3.63) is 0 Å². The van der Waals surface area contributed by atoms with Gasteiger partial charge < -0.3 is 29.6 Å². The number of ether oxygens (including phenoxy) is 4. The zero-order chi connectivity index (χ0) is 21.7. The molecule has 2 amide bonds. The number of hydrogen-bond donors (Lipinski definition) is 2. The van der Waals surface area contributed by atoms with Crippen molar-refractivity contribution in [3.63, 3.8) is 0 Å². The van der Waals surface area contributed by atoms with Crippen LogP contribution >= 0.6 is 0 Å². The number of rotatable bonds is 20. The lowest BCUT2D eigenvalue weighted by Gasteiger charge is -2.11. The number of ketones is 1. The van der Waals surface area contributed by atoms with Gasteiger partial charge in [-0.3, -0.25) is 14.4 Å². The maximum atomic E-state index is 11.6. The number of carbonyl (C=O) groups is 3. The summed E-state index contributed by atoms with van der Waals surface area (Å²) in [5.41, 5.74) is 0. The van der Waals surface area contributed by atoms with E-state index in [4.69, 9.17) is 18.9 Å². The first kappa shape index (κ1) is 27.5. The summed E-state index contributed by atoms with van der Waals surface area (Å²) < 4.78 is 20.5. The number of Topliss-reactive ketones (excluding diaryl/α,β-unsaturated/α-hetero) is 1. The summed E-state index contributed by atoms with van der Waals surface area (Å²) in [6, 6.07) is 0. The average Bonchev–Trinajstić information content (AvgIpc) is 2.69. The van der Waals surface area contributed by atoms with Crippen molar-refractivity contribution in [2.45, 2.75) is 39.5 Å². The van der Waals surface area contributed by atoms with Crippen molar-refractivity contribution >= 4 is 17.6 Å². The van der Waals surface area contributed by atoms with E-state index in [1.807, 2.05) is 6.92 Å². The predicted octanol–water partition coefficient (Wildman–Crippen LogP) is 0.701. The fourth-order valence-corrected chi connectivity index (χ4v) is 2.49. The topological polar surface area (TPSA) is 112 Å². The second kappa shape index (κ2) is 19.8. The average molecular weight is 419 g/mol. The lowest BCUT2D eigenvalue weighted by molar-refractivity contribution is -0.127. The summed E-state index contributed by atoms with van der Waals surface area (Å²) in [6.07, 6.45) is 3.51. The van der Waals surface area contributed by atoms with Crippen LogP contribution in [0.15, 0.2) is 0 Å². The van der Waals surface area contributed by atoms with Gasteiger partial charge in [-0.1, -0.05) is 13.3 Å². The molecule has 2 N–H and O–H groups in total. The fraction of sp³-hybridized carbons (Fsp3) is 0.850. The molecular formula is C20H38N2O7. The Balaban J connectivity index is 3.39. The van der Waals surface area contributed by atoms with Crippen LogP contribution in [0.5, 0.6) is 0 Å². The van der Waals surface area contributed by atoms with E-state index in [-0.39, 0.29) is 36.7 Å². The summed E-state index contributed by atoms with van der Waals surface area (Å²) in [5, 5.41) is 5.46. The Kier molecular flexibility index (Phi) is 18.7. The zero-order valence-corrected chi connectivity index (χ0v) is 18.1. The van der Waals surface area contributed by atoms with Gasteiger partial charge in [-0.15, -0.1) is 0 Å². The van der Waals surface area contributed by atoms with Crippen LogP contribution in [0.2, 0.25) is 0 Å². The molecule has 0 heterocycles. The molecule has 0 radical (unpaired) electrons. The number of carbonyl (C=O) groups excluding carboxylic acids is 3. The summed E-state index contributed by atoms with van der Waals surface area (Å²) in [4.78, 5) is 34.4. The summed E-state index contributed by atoms with van der Waals surface area (Å²) in [5.74, 6) is 0.00608. The first-order valence-corrected chi connectivity index (χ1v) is 10.3. The molecule has 0 aromatic carbocycles. The first-order valence-electron chi connectivity index (χ1n) is 10.3. The number of methoxy groups -OCH3 is 1. The van der Waals surface area contributed by atoms with Crippen molar-refractivity contribution < 1.29 is 33.3 Å². The minimum Gasteiger partial charge on any atom is -0.382 e. The molecule has 0 aromatic heterocycles. The molecule has 9 heteroatoms. The standard InChI is InChI=1S/C20H38N2O7/c1-4-18(17(2)23)7-5-6-8-21-19(24)15-29-14-13-27-10-9-22-20(25)16-28-12-11-26-3/h18H,4-16H2,1-3H3,(H,21,24)(H,22,25)/t18-/m0/s1. The smallest absolute Gasteiger partial charge is 0.246 e. The highest BCUT2D eigenvalue weighted by atomic mass is 16.5. The molecule has 0 saturated carbocycles. The van der Waals surface area contributed by atoms with Gasteiger partial charge in [0.05, 0.1) is 33.0 Å². The molecule has 0 spiro atoms. The normalized spacial score (nSPS) is 11.8. The minimum atomic E-state index is -0.205. The molecule has 29 heavy (non-hydrogen) atoms. The van der Waals surface area contributed by atoms with Gasteiger partial charge in [-0.05, 0) is 26.2 Å². The molecule has 0 aliphatic carbocycles. The first-order chi connectivity index (χ1) is 14.0. The van der Waals surface area contributed by atoms with Gasteiger partial charge >= 0.3 is 0 Å². The van der Waals surface area contributed by atoms with Crippen molar-refractivity contribution in [2.24, 2.45) is 5.92 Å². The third-order valence-electron chi connectivity index (χ3n) is 4.21. The highest BCUT2D eigenvalue weighted by Crippen LogP contribution is 2.12. The second-order valence-corrected chi connectivity index (χ2v) is 6.62. The summed E-state index contributed by atoms with van der Waals surface area (Å²) in [6.45, 7) is 6.45. The maximum absolute atomic E-state index is 11.6. The number of amides is 2. The molecule has 0 aliphatic rings. The van der Waals surface area contributed by atoms with E-state index in [0.717, 1.165) is 25.7 Å². The van der Waals surface area contributed by atoms with E-state index in [1.54, 1.807) is 14.0 Å². The van der Waals surface area contributed by atoms with E-state index >= 15 is 0 Å². The van der Waals surface area contributed by atoms with Crippen LogP contribution in [0.1, 0.15) is 39.5 Å². The van der Waals surface area contributed by atoms with Crippen molar-refractivity contribution in [1.29, 1.82) is 0 Å². The molecule has 0 aliphatic heterocycles. The van der Waals surface area contributed by atoms with Crippen molar-refractivity contribution in [1.82, 2.24) is 10.6 Å². The highest BCUT2D eigenvalue weighted by molar-refractivity contribution is 5.78. The van der Waals surface area contributed by atoms with Gasteiger partial charge in [-0.25, -0.2) is 0 Å². The van der Waals surface area contributed by atoms with Gasteiger partial charge in [0.15, 0.2) is 0 Å². The van der Waals surface area contributed by atoms with E-state index < -0.39 is 0 Å². The Morgan fingerprint density at radius 3 is 1.97 bits per heavy atom. The van der Waals surface area contributed by atoms with Gasteiger partial charge in [0.25, 0.3) is 0 Å². The maximum Gasteiger partial charge on any atom is 0.246 e. The Hall–Kier alpha value is -1.55. The molecule has 0 unspecified atom stereocenters. The minimum absolute atomic E-state index is 0.00248. The molecule has 0 fully saturated rings. The van der Waals surface area contributed by atoms with Crippen LogP contribution in [0.25, 0.3) is 0 Å². The molecule has 0 rings (SSSR count). The van der Waals surface area contributed by atoms with Gasteiger partial charge in [0, 0.05) is 26.1 Å². The second-order valence-electron chi connectivity index (χ2n) is 6.62. The van der Waals surface area contributed by atoms with Crippen molar-refractivity contribution in [3.8, 4) is 0 Å². The van der Waals surface area contributed by atoms with Crippen LogP contribution in [0, 0.1) is 5.92 Å². The molecule has 9 nitrogen and oxygen atoms in total. The SMILES string of the molecule is CC[C@@H](CCCCNC(=O)COCCOCCNC(=O)COCCOC)C(C)=O. The zero-order valence-electron chi connectivity index (χ0n) is 18.1. The molecule has 170 valence electrons. The molecule has 0 aromatic rings. The lowest BCUT2D eigenvalue weighted by atomic mass is 9.95. The molecule has 1 atom stereocenters. The molecule has 0 bridgehead atoms. The number of nitrogens with one attached hydrogen (secondary N) is 2. The number of hydrogen-bond acceptors (Lipinski definition) is 7. The Labute approximate surface area is 174 Å². The van der Waals surface area contributed by atoms with Gasteiger partial charge in [0.1, 0.15) is 19.0 Å². The van der Waals surface area contributed by atoms with Crippen molar-refractivity contribution in [2.75, 3.05) is 66.4 Å². The van der Waals surface area contributed by atoms with Crippen LogP contribution < -0.4 is 10.6 Å². The van der Waals surface area contributed by atoms with Gasteiger partial charge in [-0.2, -0.15) is 0 Å². The Morgan fingerprint density at radius 2 is 1.38 bits per heavy atom. The van der Waals surface area contributed by atoms with Crippen LogP contribution in [-0.4, -0.2) is 84.0 Å². The van der Waals surface area contributed by atoms with E-state index in [2.05, 4.69) is 10.6 Å². The van der Waals surface area contributed by atoms with Crippen LogP contribution in [0.3, 0.4) is 0 Å². The lowest BCUT2D eigenvalue weighted by Crippen LogP contribution is -2.31. The van der Waals surface area contributed by atoms with E-state index in [1.165, 1.54) is 0 Å².